The van der Waals surface area contributed by atoms with Gasteiger partial charge in [-0.05, 0) is 24.9 Å². The molecule has 1 aromatic rings. The Hall–Kier alpha value is -1.16. The molecule has 2 heterocycles. The molecule has 0 bridgehead atoms. The normalized spacial score (nSPS) is 25.4. The molecule has 1 saturated heterocycles. The summed E-state index contributed by atoms with van der Waals surface area (Å²) >= 11 is 0. The minimum atomic E-state index is 0.244. The summed E-state index contributed by atoms with van der Waals surface area (Å²) in [6.45, 7) is 6.31. The van der Waals surface area contributed by atoms with Crippen molar-refractivity contribution in [3.8, 4) is 6.01 Å². The Balaban J connectivity index is 1.96. The van der Waals surface area contributed by atoms with E-state index >= 15 is 0 Å². The van der Waals surface area contributed by atoms with Crippen LogP contribution in [-0.4, -0.2) is 29.2 Å². The van der Waals surface area contributed by atoms with Gasteiger partial charge in [0, 0.05) is 24.9 Å². The van der Waals surface area contributed by atoms with Gasteiger partial charge in [0.15, 0.2) is 0 Å². The lowest BCUT2D eigenvalue weighted by Crippen LogP contribution is -2.41. The van der Waals surface area contributed by atoms with Crippen molar-refractivity contribution in [1.29, 1.82) is 0 Å². The number of hydrogen-bond donors (Lipinski definition) is 1. The van der Waals surface area contributed by atoms with Crippen molar-refractivity contribution >= 4 is 0 Å². The highest BCUT2D eigenvalue weighted by Crippen LogP contribution is 2.16. The van der Waals surface area contributed by atoms with Crippen molar-refractivity contribution in [3.05, 3.63) is 18.0 Å². The highest BCUT2D eigenvalue weighted by molar-refractivity contribution is 5.07. The minimum absolute atomic E-state index is 0.244. The van der Waals surface area contributed by atoms with Crippen LogP contribution in [0.1, 0.15) is 25.8 Å². The fourth-order valence-corrected chi connectivity index (χ4v) is 1.89. The lowest BCUT2D eigenvalue weighted by atomic mass is 9.98. The molecule has 88 valence electrons. The largest absolute Gasteiger partial charge is 0.460 e. The van der Waals surface area contributed by atoms with Crippen LogP contribution in [-0.2, 0) is 6.42 Å². The Morgan fingerprint density at radius 3 is 2.81 bits per heavy atom. The number of hydrogen-bond acceptors (Lipinski definition) is 4. The summed E-state index contributed by atoms with van der Waals surface area (Å²) in [4.78, 5) is 8.45. The van der Waals surface area contributed by atoms with Crippen molar-refractivity contribution < 1.29 is 4.74 Å². The second-order valence-electron chi connectivity index (χ2n) is 4.35. The second-order valence-corrected chi connectivity index (χ2v) is 4.35. The highest BCUT2D eigenvalue weighted by Gasteiger charge is 2.23. The maximum atomic E-state index is 5.80. The van der Waals surface area contributed by atoms with Gasteiger partial charge >= 0.3 is 6.01 Å². The highest BCUT2D eigenvalue weighted by atomic mass is 16.5. The van der Waals surface area contributed by atoms with Crippen LogP contribution in [0.2, 0.25) is 0 Å². The fraction of sp³-hybridized carbons (Fsp3) is 0.667. The van der Waals surface area contributed by atoms with E-state index in [2.05, 4.69) is 29.1 Å². The number of piperidine rings is 1. The lowest BCUT2D eigenvalue weighted by Gasteiger charge is -2.28. The molecule has 1 N–H and O–H groups in total. The molecule has 0 radical (unpaired) electrons. The Kier molecular flexibility index (Phi) is 3.72. The van der Waals surface area contributed by atoms with Crippen LogP contribution < -0.4 is 10.1 Å². The molecule has 0 unspecified atom stereocenters. The third-order valence-corrected chi connectivity index (χ3v) is 3.05. The Morgan fingerprint density at radius 1 is 1.44 bits per heavy atom. The molecule has 4 heteroatoms. The zero-order valence-electron chi connectivity index (χ0n) is 9.94. The number of nitrogens with zero attached hydrogens (tertiary/aromatic N) is 2. The van der Waals surface area contributed by atoms with Gasteiger partial charge in [-0.25, -0.2) is 9.97 Å². The monoisotopic (exact) mass is 221 g/mol. The first-order valence-corrected chi connectivity index (χ1v) is 5.98. The van der Waals surface area contributed by atoms with E-state index in [4.69, 9.17) is 4.74 Å². The van der Waals surface area contributed by atoms with Crippen LogP contribution in [0.15, 0.2) is 12.4 Å². The van der Waals surface area contributed by atoms with Gasteiger partial charge in [-0.2, -0.15) is 0 Å². The fourth-order valence-electron chi connectivity index (χ4n) is 1.89. The Labute approximate surface area is 96.4 Å². The predicted octanol–water partition coefficient (Wildman–Crippen LogP) is 1.42. The third-order valence-electron chi connectivity index (χ3n) is 3.05. The lowest BCUT2D eigenvalue weighted by molar-refractivity contribution is 0.101. The average molecular weight is 221 g/mol. The van der Waals surface area contributed by atoms with Crippen LogP contribution in [0.3, 0.4) is 0 Å². The zero-order chi connectivity index (χ0) is 11.4. The second kappa shape index (κ2) is 5.25. The first-order chi connectivity index (χ1) is 7.79. The molecular weight excluding hydrogens is 202 g/mol. The number of nitrogens with one attached hydrogen (secondary N) is 1. The summed E-state index contributed by atoms with van der Waals surface area (Å²) in [5.74, 6) is 0.517. The van der Waals surface area contributed by atoms with Crippen molar-refractivity contribution in [2.24, 2.45) is 5.92 Å². The molecule has 0 amide bonds. The van der Waals surface area contributed by atoms with Gasteiger partial charge in [0.2, 0.25) is 0 Å². The predicted molar refractivity (Wildman–Crippen MR) is 62.5 cm³/mol. The molecule has 1 aliphatic heterocycles. The first kappa shape index (κ1) is 11.3. The van der Waals surface area contributed by atoms with Gasteiger partial charge in [-0.3, -0.25) is 0 Å². The molecular formula is C12H19N3O. The van der Waals surface area contributed by atoms with Crippen LogP contribution >= 0.6 is 0 Å². The summed E-state index contributed by atoms with van der Waals surface area (Å²) in [6, 6.07) is 0.510. The summed E-state index contributed by atoms with van der Waals surface area (Å²) < 4.78 is 5.80. The van der Waals surface area contributed by atoms with E-state index in [1.54, 1.807) is 0 Å². The minimum Gasteiger partial charge on any atom is -0.460 e. The Bertz CT molecular complexity index is 326. The van der Waals surface area contributed by atoms with E-state index in [0.717, 1.165) is 31.5 Å². The summed E-state index contributed by atoms with van der Waals surface area (Å²) in [5.41, 5.74) is 1.14. The molecule has 1 aromatic heterocycles. The third kappa shape index (κ3) is 2.70. The molecule has 0 aromatic carbocycles. The first-order valence-electron chi connectivity index (χ1n) is 5.98. The Morgan fingerprint density at radius 2 is 2.19 bits per heavy atom. The van der Waals surface area contributed by atoms with Crippen LogP contribution in [0, 0.1) is 5.92 Å². The van der Waals surface area contributed by atoms with Crippen LogP contribution in [0.4, 0.5) is 0 Å². The number of aromatic nitrogens is 2. The van der Waals surface area contributed by atoms with Gasteiger partial charge < -0.3 is 10.1 Å². The van der Waals surface area contributed by atoms with Gasteiger partial charge in [-0.1, -0.05) is 13.8 Å². The number of rotatable bonds is 3. The molecule has 1 aliphatic rings. The molecule has 0 aliphatic carbocycles. The summed E-state index contributed by atoms with van der Waals surface area (Å²) in [6.07, 6.45) is 5.92. The summed E-state index contributed by atoms with van der Waals surface area (Å²) in [7, 11) is 0. The van der Waals surface area contributed by atoms with E-state index in [0.29, 0.717) is 11.9 Å². The van der Waals surface area contributed by atoms with Gasteiger partial charge in [-0.15, -0.1) is 0 Å². The SMILES string of the molecule is CCc1cnc(O[C@H]2CCNC[C@H]2C)nc1. The number of ether oxygens (including phenoxy) is 1. The van der Waals surface area contributed by atoms with E-state index in [1.807, 2.05) is 12.4 Å². The van der Waals surface area contributed by atoms with Crippen molar-refractivity contribution in [2.75, 3.05) is 13.1 Å². The smallest absolute Gasteiger partial charge is 0.316 e. The van der Waals surface area contributed by atoms with Gasteiger partial charge in [0.1, 0.15) is 6.10 Å². The van der Waals surface area contributed by atoms with Crippen molar-refractivity contribution in [1.82, 2.24) is 15.3 Å². The maximum absolute atomic E-state index is 5.80. The van der Waals surface area contributed by atoms with E-state index in [9.17, 15) is 0 Å². The molecule has 1 fully saturated rings. The van der Waals surface area contributed by atoms with E-state index in [-0.39, 0.29) is 6.10 Å². The summed E-state index contributed by atoms with van der Waals surface area (Å²) in [5, 5.41) is 3.35. The van der Waals surface area contributed by atoms with E-state index in [1.165, 1.54) is 0 Å². The van der Waals surface area contributed by atoms with Crippen molar-refractivity contribution in [3.63, 3.8) is 0 Å². The maximum Gasteiger partial charge on any atom is 0.316 e. The van der Waals surface area contributed by atoms with Crippen LogP contribution in [0.5, 0.6) is 6.01 Å². The van der Waals surface area contributed by atoms with Gasteiger partial charge in [0.05, 0.1) is 0 Å². The molecule has 0 spiro atoms. The molecule has 2 rings (SSSR count). The molecule has 2 atom stereocenters. The topological polar surface area (TPSA) is 47.0 Å². The molecule has 4 nitrogen and oxygen atoms in total. The van der Waals surface area contributed by atoms with E-state index < -0.39 is 0 Å². The average Bonchev–Trinajstić information content (AvgIpc) is 2.33. The molecule has 16 heavy (non-hydrogen) atoms. The quantitative estimate of drug-likeness (QED) is 0.838. The van der Waals surface area contributed by atoms with Crippen molar-refractivity contribution in [2.45, 2.75) is 32.8 Å². The molecule has 0 saturated carbocycles. The van der Waals surface area contributed by atoms with Gasteiger partial charge in [0.25, 0.3) is 0 Å². The number of aryl methyl sites for hydroxylation is 1. The van der Waals surface area contributed by atoms with Crippen LogP contribution in [0.25, 0.3) is 0 Å². The standard InChI is InChI=1S/C12H19N3O/c1-3-10-7-14-12(15-8-10)16-11-4-5-13-6-9(11)2/h7-9,11,13H,3-6H2,1-2H3/t9-,11+/m1/s1. The zero-order valence-corrected chi connectivity index (χ0v) is 9.94.